The van der Waals surface area contributed by atoms with E-state index in [4.69, 9.17) is 4.43 Å². The van der Waals surface area contributed by atoms with E-state index in [2.05, 4.69) is 49.8 Å². The van der Waals surface area contributed by atoms with Crippen molar-refractivity contribution in [2.45, 2.75) is 52.8 Å². The molecule has 3 nitrogen and oxygen atoms in total. The normalized spacial score (nSPS) is 12.2. The van der Waals surface area contributed by atoms with Crippen molar-refractivity contribution in [1.29, 1.82) is 0 Å². The lowest BCUT2D eigenvalue weighted by atomic mass is 10.1. The molecular weight excluding hydrogens is 358 g/mol. The second-order valence-corrected chi connectivity index (χ2v) is 12.5. The van der Waals surface area contributed by atoms with Gasteiger partial charge in [0, 0.05) is 17.6 Å². The minimum atomic E-state index is -1.99. The first-order valence-corrected chi connectivity index (χ1v) is 11.5. The fourth-order valence-electron chi connectivity index (χ4n) is 1.89. The number of carbonyl (C=O) groups is 1. The SMILES string of the molecule is CCN(CC)C(=O)c1c(Br)cccc1O[Si](C)(C)C(C)(C)C. The van der Waals surface area contributed by atoms with E-state index in [0.717, 1.165) is 4.47 Å². The predicted molar refractivity (Wildman–Crippen MR) is 99.2 cm³/mol. The number of rotatable bonds is 5. The first-order chi connectivity index (χ1) is 10.0. The molecule has 0 fully saturated rings. The van der Waals surface area contributed by atoms with Gasteiger partial charge in [0.05, 0.1) is 5.56 Å². The monoisotopic (exact) mass is 385 g/mol. The van der Waals surface area contributed by atoms with Crippen molar-refractivity contribution >= 4 is 30.2 Å². The summed E-state index contributed by atoms with van der Waals surface area (Å²) in [6, 6.07) is 5.72. The molecule has 0 saturated heterocycles. The molecule has 0 bridgehead atoms. The minimum absolute atomic E-state index is 0.0196. The van der Waals surface area contributed by atoms with E-state index in [1.165, 1.54) is 0 Å². The fraction of sp³-hybridized carbons (Fsp3) is 0.588. The number of amides is 1. The van der Waals surface area contributed by atoms with Crippen molar-refractivity contribution in [2.24, 2.45) is 0 Å². The zero-order chi connectivity index (χ0) is 17.1. The Morgan fingerprint density at radius 2 is 1.77 bits per heavy atom. The number of nitrogens with zero attached hydrogens (tertiary/aromatic N) is 1. The summed E-state index contributed by atoms with van der Waals surface area (Å²) in [5.74, 6) is 0.712. The minimum Gasteiger partial charge on any atom is -0.543 e. The quantitative estimate of drug-likeness (QED) is 0.642. The largest absolute Gasteiger partial charge is 0.543 e. The lowest BCUT2D eigenvalue weighted by Gasteiger charge is -2.37. The maximum absolute atomic E-state index is 12.8. The van der Waals surface area contributed by atoms with Crippen LogP contribution in [0.25, 0.3) is 0 Å². The van der Waals surface area contributed by atoms with Crippen LogP contribution in [0.1, 0.15) is 45.0 Å². The molecule has 1 aromatic carbocycles. The number of carbonyl (C=O) groups excluding carboxylic acids is 1. The van der Waals surface area contributed by atoms with Crippen LogP contribution in [0.5, 0.6) is 5.75 Å². The molecule has 0 radical (unpaired) electrons. The molecule has 1 amide bonds. The molecular formula is C17H28BrNO2Si. The van der Waals surface area contributed by atoms with E-state index >= 15 is 0 Å². The standard InChI is InChI=1S/C17H28BrNO2Si/c1-8-19(9-2)16(20)15-13(18)11-10-12-14(15)21-22(6,7)17(3,4)5/h10-12H,8-9H2,1-7H3. The molecule has 0 aliphatic heterocycles. The molecule has 0 aliphatic carbocycles. The van der Waals surface area contributed by atoms with Gasteiger partial charge in [0.15, 0.2) is 0 Å². The van der Waals surface area contributed by atoms with Gasteiger partial charge in [0.1, 0.15) is 5.75 Å². The molecule has 5 heteroatoms. The lowest BCUT2D eigenvalue weighted by molar-refractivity contribution is 0.0770. The first-order valence-electron chi connectivity index (χ1n) is 7.82. The Labute approximate surface area is 144 Å². The maximum Gasteiger partial charge on any atom is 0.258 e. The van der Waals surface area contributed by atoms with Gasteiger partial charge in [-0.05, 0) is 60.0 Å². The smallest absolute Gasteiger partial charge is 0.258 e. The van der Waals surface area contributed by atoms with Gasteiger partial charge in [-0.3, -0.25) is 4.79 Å². The van der Waals surface area contributed by atoms with Crippen molar-refractivity contribution in [3.63, 3.8) is 0 Å². The molecule has 0 spiro atoms. The Morgan fingerprint density at radius 3 is 2.23 bits per heavy atom. The van der Waals surface area contributed by atoms with Crippen molar-refractivity contribution < 1.29 is 9.22 Å². The van der Waals surface area contributed by atoms with Gasteiger partial charge < -0.3 is 9.33 Å². The fourth-order valence-corrected chi connectivity index (χ4v) is 3.44. The molecule has 0 unspecified atom stereocenters. The molecule has 0 atom stereocenters. The molecule has 0 N–H and O–H groups in total. The number of benzene rings is 1. The summed E-state index contributed by atoms with van der Waals surface area (Å²) < 4.78 is 7.19. The van der Waals surface area contributed by atoms with Crippen molar-refractivity contribution in [3.8, 4) is 5.75 Å². The molecule has 1 rings (SSSR count). The van der Waals surface area contributed by atoms with Gasteiger partial charge in [-0.15, -0.1) is 0 Å². The van der Waals surface area contributed by atoms with Crippen LogP contribution in [0, 0.1) is 0 Å². The summed E-state index contributed by atoms with van der Waals surface area (Å²) >= 11 is 3.52. The van der Waals surface area contributed by atoms with E-state index in [1.807, 2.05) is 36.9 Å². The first kappa shape index (κ1) is 19.2. The second-order valence-electron chi connectivity index (χ2n) is 6.95. The lowest BCUT2D eigenvalue weighted by Crippen LogP contribution is -2.44. The number of hydrogen-bond acceptors (Lipinski definition) is 2. The predicted octanol–water partition coefficient (Wildman–Crippen LogP) is 5.32. The van der Waals surface area contributed by atoms with Gasteiger partial charge >= 0.3 is 0 Å². The topological polar surface area (TPSA) is 29.5 Å². The number of halogens is 1. The van der Waals surface area contributed by atoms with E-state index in [0.29, 0.717) is 24.4 Å². The average molecular weight is 386 g/mol. The Balaban J connectivity index is 3.29. The summed E-state index contributed by atoms with van der Waals surface area (Å²) in [7, 11) is -1.99. The van der Waals surface area contributed by atoms with Gasteiger partial charge in [0.25, 0.3) is 14.2 Å². The van der Waals surface area contributed by atoms with E-state index in [1.54, 1.807) is 0 Å². The Hall–Kier alpha value is -0.813. The molecule has 0 heterocycles. The second kappa shape index (κ2) is 7.17. The Kier molecular flexibility index (Phi) is 6.27. The Bertz CT molecular complexity index is 534. The third-order valence-corrected chi connectivity index (χ3v) is 9.41. The zero-order valence-electron chi connectivity index (χ0n) is 14.8. The Morgan fingerprint density at radius 1 is 1.23 bits per heavy atom. The molecule has 0 saturated carbocycles. The van der Waals surface area contributed by atoms with E-state index < -0.39 is 8.32 Å². The van der Waals surface area contributed by atoms with Gasteiger partial charge in [-0.25, -0.2) is 0 Å². The van der Waals surface area contributed by atoms with Crippen molar-refractivity contribution in [3.05, 3.63) is 28.2 Å². The van der Waals surface area contributed by atoms with Gasteiger partial charge in [0.2, 0.25) is 0 Å². The highest BCUT2D eigenvalue weighted by Crippen LogP contribution is 2.39. The summed E-state index contributed by atoms with van der Waals surface area (Å²) in [4.78, 5) is 14.6. The highest BCUT2D eigenvalue weighted by atomic mass is 79.9. The van der Waals surface area contributed by atoms with Crippen LogP contribution in [-0.2, 0) is 0 Å². The maximum atomic E-state index is 12.8. The number of hydrogen-bond donors (Lipinski definition) is 0. The third-order valence-electron chi connectivity index (χ3n) is 4.41. The molecule has 0 aromatic heterocycles. The third kappa shape index (κ3) is 4.13. The molecule has 22 heavy (non-hydrogen) atoms. The van der Waals surface area contributed by atoms with Crippen LogP contribution in [0.15, 0.2) is 22.7 Å². The summed E-state index contributed by atoms with van der Waals surface area (Å²) in [6.07, 6.45) is 0. The highest BCUT2D eigenvalue weighted by Gasteiger charge is 2.40. The van der Waals surface area contributed by atoms with Crippen LogP contribution in [0.3, 0.4) is 0 Å². The summed E-state index contributed by atoms with van der Waals surface area (Å²) in [6.45, 7) is 16.3. The van der Waals surface area contributed by atoms with Crippen molar-refractivity contribution in [2.75, 3.05) is 13.1 Å². The van der Waals surface area contributed by atoms with E-state index in [9.17, 15) is 4.79 Å². The van der Waals surface area contributed by atoms with Crippen LogP contribution in [0.2, 0.25) is 18.1 Å². The van der Waals surface area contributed by atoms with Crippen LogP contribution >= 0.6 is 15.9 Å². The summed E-state index contributed by atoms with van der Waals surface area (Å²) in [5.41, 5.74) is 0.635. The molecule has 124 valence electrons. The van der Waals surface area contributed by atoms with Gasteiger partial charge in [-0.1, -0.05) is 26.8 Å². The van der Waals surface area contributed by atoms with Crippen LogP contribution in [-0.4, -0.2) is 32.2 Å². The van der Waals surface area contributed by atoms with Crippen LogP contribution in [0.4, 0.5) is 0 Å². The summed E-state index contributed by atoms with van der Waals surface area (Å²) in [5, 5.41) is 0.0881. The van der Waals surface area contributed by atoms with E-state index in [-0.39, 0.29) is 10.9 Å². The highest BCUT2D eigenvalue weighted by molar-refractivity contribution is 9.10. The molecule has 0 aliphatic rings. The van der Waals surface area contributed by atoms with Crippen LogP contribution < -0.4 is 4.43 Å². The van der Waals surface area contributed by atoms with Crippen molar-refractivity contribution in [1.82, 2.24) is 4.90 Å². The molecule has 1 aromatic rings. The van der Waals surface area contributed by atoms with Gasteiger partial charge in [-0.2, -0.15) is 0 Å². The average Bonchev–Trinajstić information content (AvgIpc) is 2.38. The zero-order valence-corrected chi connectivity index (χ0v) is 17.4.